The van der Waals surface area contributed by atoms with Crippen LogP contribution in [0.2, 0.25) is 0 Å². The van der Waals surface area contributed by atoms with Gasteiger partial charge in [-0.3, -0.25) is 0 Å². The van der Waals surface area contributed by atoms with Gasteiger partial charge in [0.15, 0.2) is 5.65 Å². The maximum absolute atomic E-state index is 5.62. The number of nitrogens with two attached hydrogens (primary N) is 1. The number of nitrogens with zero attached hydrogens (tertiary/aromatic N) is 4. The molecule has 0 unspecified atom stereocenters. The Kier molecular flexibility index (Phi) is 1.70. The highest BCUT2D eigenvalue weighted by atomic mass is 15.4. The van der Waals surface area contributed by atoms with E-state index < -0.39 is 0 Å². The van der Waals surface area contributed by atoms with Crippen molar-refractivity contribution in [1.29, 1.82) is 0 Å². The van der Waals surface area contributed by atoms with Crippen LogP contribution < -0.4 is 5.73 Å². The monoisotopic (exact) mass is 191 g/mol. The number of anilines is 1. The van der Waals surface area contributed by atoms with Crippen molar-refractivity contribution in [1.82, 2.24) is 19.8 Å². The first-order valence-corrected chi connectivity index (χ1v) is 4.47. The van der Waals surface area contributed by atoms with Crippen molar-refractivity contribution in [2.45, 2.75) is 26.2 Å². The van der Waals surface area contributed by atoms with E-state index in [0.29, 0.717) is 11.6 Å². The first-order valence-electron chi connectivity index (χ1n) is 4.47. The summed E-state index contributed by atoms with van der Waals surface area (Å²) in [5, 5.41) is 12.0. The van der Waals surface area contributed by atoms with Gasteiger partial charge in [-0.05, 0) is 12.1 Å². The Morgan fingerprint density at radius 1 is 1.21 bits per heavy atom. The third kappa shape index (κ3) is 1.30. The van der Waals surface area contributed by atoms with E-state index >= 15 is 0 Å². The van der Waals surface area contributed by atoms with Gasteiger partial charge in [0, 0.05) is 5.41 Å². The van der Waals surface area contributed by atoms with Gasteiger partial charge in [-0.25, -0.2) is 0 Å². The highest BCUT2D eigenvalue weighted by Gasteiger charge is 2.16. The van der Waals surface area contributed by atoms with Crippen LogP contribution in [0.5, 0.6) is 0 Å². The maximum Gasteiger partial charge on any atom is 0.243 e. The molecule has 74 valence electrons. The van der Waals surface area contributed by atoms with Crippen LogP contribution in [0.25, 0.3) is 5.65 Å². The standard InChI is InChI=1S/C9H13N5/c1-9(2,3)6-4-5-7-11-12-8(10)14(7)13-6/h4-5H,1-3H3,(H2,10,12). The predicted octanol–water partition coefficient (Wildman–Crippen LogP) is 1.00. The number of fused-ring (bicyclic) bond motifs is 1. The zero-order valence-electron chi connectivity index (χ0n) is 8.52. The Morgan fingerprint density at radius 2 is 1.93 bits per heavy atom. The Labute approximate surface area is 81.9 Å². The van der Waals surface area contributed by atoms with E-state index in [1.807, 2.05) is 12.1 Å². The lowest BCUT2D eigenvalue weighted by Crippen LogP contribution is -2.15. The maximum atomic E-state index is 5.62. The highest BCUT2D eigenvalue weighted by molar-refractivity contribution is 5.41. The third-order valence-electron chi connectivity index (χ3n) is 2.06. The van der Waals surface area contributed by atoms with Gasteiger partial charge in [0.05, 0.1) is 5.69 Å². The van der Waals surface area contributed by atoms with Crippen molar-refractivity contribution in [3.63, 3.8) is 0 Å². The number of hydrogen-bond donors (Lipinski definition) is 1. The largest absolute Gasteiger partial charge is 0.366 e. The van der Waals surface area contributed by atoms with Crippen molar-refractivity contribution in [3.8, 4) is 0 Å². The Bertz CT molecular complexity index is 465. The topological polar surface area (TPSA) is 69.1 Å². The molecule has 2 aromatic rings. The number of nitrogen functional groups attached to an aromatic ring is 1. The van der Waals surface area contributed by atoms with Crippen molar-refractivity contribution in [3.05, 3.63) is 17.8 Å². The summed E-state index contributed by atoms with van der Waals surface area (Å²) < 4.78 is 1.56. The van der Waals surface area contributed by atoms with Crippen LogP contribution in [0, 0.1) is 0 Å². The fourth-order valence-corrected chi connectivity index (χ4v) is 1.21. The fraction of sp³-hybridized carbons (Fsp3) is 0.444. The molecule has 2 rings (SSSR count). The van der Waals surface area contributed by atoms with Crippen LogP contribution in [0.3, 0.4) is 0 Å². The molecule has 0 radical (unpaired) electrons. The highest BCUT2D eigenvalue weighted by Crippen LogP contribution is 2.19. The first kappa shape index (κ1) is 8.93. The molecule has 5 heteroatoms. The molecular weight excluding hydrogens is 178 g/mol. The molecule has 0 saturated carbocycles. The predicted molar refractivity (Wildman–Crippen MR) is 53.9 cm³/mol. The van der Waals surface area contributed by atoms with Crippen LogP contribution in [0.4, 0.5) is 5.95 Å². The number of hydrogen-bond acceptors (Lipinski definition) is 4. The quantitative estimate of drug-likeness (QED) is 0.674. The SMILES string of the molecule is CC(C)(C)c1ccc2nnc(N)n2n1. The zero-order valence-corrected chi connectivity index (χ0v) is 8.52. The van der Waals surface area contributed by atoms with Gasteiger partial charge in [-0.15, -0.1) is 10.2 Å². The summed E-state index contributed by atoms with van der Waals surface area (Å²) in [6.07, 6.45) is 0. The van der Waals surface area contributed by atoms with Gasteiger partial charge in [0.25, 0.3) is 0 Å². The molecule has 14 heavy (non-hydrogen) atoms. The smallest absolute Gasteiger partial charge is 0.243 e. The zero-order chi connectivity index (χ0) is 10.3. The van der Waals surface area contributed by atoms with E-state index in [9.17, 15) is 0 Å². The average molecular weight is 191 g/mol. The van der Waals surface area contributed by atoms with Crippen LogP contribution in [0.1, 0.15) is 26.5 Å². The fourth-order valence-electron chi connectivity index (χ4n) is 1.21. The van der Waals surface area contributed by atoms with Gasteiger partial charge in [0.1, 0.15) is 0 Å². The Hall–Kier alpha value is -1.65. The summed E-state index contributed by atoms with van der Waals surface area (Å²) in [6, 6.07) is 3.82. The van der Waals surface area contributed by atoms with Gasteiger partial charge in [0.2, 0.25) is 5.95 Å². The molecule has 0 aromatic carbocycles. The minimum Gasteiger partial charge on any atom is -0.366 e. The molecule has 0 aliphatic heterocycles. The number of aromatic nitrogens is 4. The lowest BCUT2D eigenvalue weighted by molar-refractivity contribution is 0.555. The Balaban J connectivity index is 2.66. The second kappa shape index (κ2) is 2.67. The first-order chi connectivity index (χ1) is 6.48. The van der Waals surface area contributed by atoms with E-state index in [-0.39, 0.29) is 5.41 Å². The van der Waals surface area contributed by atoms with Crippen molar-refractivity contribution in [2.75, 3.05) is 5.73 Å². The molecule has 0 bridgehead atoms. The van der Waals surface area contributed by atoms with Gasteiger partial charge >= 0.3 is 0 Å². The van der Waals surface area contributed by atoms with Gasteiger partial charge in [-0.1, -0.05) is 20.8 Å². The van der Waals surface area contributed by atoms with E-state index in [1.165, 1.54) is 0 Å². The van der Waals surface area contributed by atoms with E-state index in [1.54, 1.807) is 4.52 Å². The van der Waals surface area contributed by atoms with Gasteiger partial charge in [-0.2, -0.15) is 9.61 Å². The molecule has 0 saturated heterocycles. The Morgan fingerprint density at radius 3 is 2.57 bits per heavy atom. The lowest BCUT2D eigenvalue weighted by Gasteiger charge is -2.16. The summed E-state index contributed by atoms with van der Waals surface area (Å²) in [4.78, 5) is 0. The molecule has 2 N–H and O–H groups in total. The van der Waals surface area contributed by atoms with Crippen LogP contribution in [-0.2, 0) is 5.41 Å². The van der Waals surface area contributed by atoms with Crippen molar-refractivity contribution in [2.24, 2.45) is 0 Å². The van der Waals surface area contributed by atoms with E-state index in [2.05, 4.69) is 36.1 Å². The van der Waals surface area contributed by atoms with Crippen LogP contribution in [0.15, 0.2) is 12.1 Å². The molecule has 2 heterocycles. The van der Waals surface area contributed by atoms with Crippen LogP contribution >= 0.6 is 0 Å². The average Bonchev–Trinajstić information content (AvgIpc) is 2.46. The summed E-state index contributed by atoms with van der Waals surface area (Å²) in [6.45, 7) is 6.30. The minimum absolute atomic E-state index is 0.00486. The summed E-state index contributed by atoms with van der Waals surface area (Å²) in [5.74, 6) is 0.325. The minimum atomic E-state index is 0.00486. The van der Waals surface area contributed by atoms with Crippen molar-refractivity contribution < 1.29 is 0 Å². The molecule has 2 aromatic heterocycles. The van der Waals surface area contributed by atoms with Gasteiger partial charge < -0.3 is 5.73 Å². The summed E-state index contributed by atoms with van der Waals surface area (Å²) >= 11 is 0. The molecule has 0 atom stereocenters. The van der Waals surface area contributed by atoms with E-state index in [0.717, 1.165) is 5.69 Å². The van der Waals surface area contributed by atoms with E-state index in [4.69, 9.17) is 5.73 Å². The molecular formula is C9H13N5. The summed E-state index contributed by atoms with van der Waals surface area (Å²) in [7, 11) is 0. The summed E-state index contributed by atoms with van der Waals surface area (Å²) in [5.41, 5.74) is 7.27. The second-order valence-electron chi connectivity index (χ2n) is 4.30. The van der Waals surface area contributed by atoms with Crippen molar-refractivity contribution >= 4 is 11.6 Å². The third-order valence-corrected chi connectivity index (χ3v) is 2.06. The molecule has 0 spiro atoms. The molecule has 0 aliphatic rings. The molecule has 5 nitrogen and oxygen atoms in total. The number of rotatable bonds is 0. The normalized spacial score (nSPS) is 12.2. The second-order valence-corrected chi connectivity index (χ2v) is 4.30. The lowest BCUT2D eigenvalue weighted by atomic mass is 9.92. The molecule has 0 fully saturated rings. The molecule has 0 aliphatic carbocycles. The van der Waals surface area contributed by atoms with Crippen LogP contribution in [-0.4, -0.2) is 19.8 Å². The molecule has 0 amide bonds.